The number of aromatic amines is 1. The van der Waals surface area contributed by atoms with Crippen LogP contribution in [0.3, 0.4) is 0 Å². The molecular formula is C12H9ClN4S. The molecule has 0 fully saturated rings. The van der Waals surface area contributed by atoms with Crippen LogP contribution in [0.5, 0.6) is 0 Å². The van der Waals surface area contributed by atoms with Gasteiger partial charge in [-0.3, -0.25) is 0 Å². The van der Waals surface area contributed by atoms with E-state index >= 15 is 0 Å². The zero-order valence-corrected chi connectivity index (χ0v) is 11.1. The summed E-state index contributed by atoms with van der Waals surface area (Å²) in [5.74, 6) is 0. The van der Waals surface area contributed by atoms with E-state index in [1.54, 1.807) is 17.2 Å². The summed E-state index contributed by atoms with van der Waals surface area (Å²) in [7, 11) is 0. The SMILES string of the molecule is Cc1ccc(-n2ncc3c(=S)nc[nH]c32)cc1Cl. The maximum Gasteiger partial charge on any atom is 0.145 e. The molecule has 90 valence electrons. The fourth-order valence-corrected chi connectivity index (χ4v) is 2.15. The molecule has 3 aromatic rings. The molecule has 6 heteroatoms. The number of fused-ring (bicyclic) bond motifs is 1. The Kier molecular flexibility index (Phi) is 2.65. The van der Waals surface area contributed by atoms with Gasteiger partial charge in [-0.2, -0.15) is 5.10 Å². The van der Waals surface area contributed by atoms with Gasteiger partial charge in [0.1, 0.15) is 10.3 Å². The van der Waals surface area contributed by atoms with Crippen LogP contribution in [0.1, 0.15) is 5.56 Å². The summed E-state index contributed by atoms with van der Waals surface area (Å²) in [4.78, 5) is 7.08. The van der Waals surface area contributed by atoms with Crippen molar-refractivity contribution in [2.45, 2.75) is 6.92 Å². The molecule has 3 rings (SSSR count). The first-order valence-corrected chi connectivity index (χ1v) is 6.13. The molecular weight excluding hydrogens is 268 g/mol. The Morgan fingerprint density at radius 2 is 2.22 bits per heavy atom. The van der Waals surface area contributed by atoms with Crippen LogP contribution in [0.2, 0.25) is 5.02 Å². The normalized spacial score (nSPS) is 11.0. The predicted octanol–water partition coefficient (Wildman–Crippen LogP) is 3.44. The molecule has 0 saturated carbocycles. The Labute approximate surface area is 113 Å². The van der Waals surface area contributed by atoms with Crippen molar-refractivity contribution in [2.75, 3.05) is 0 Å². The minimum absolute atomic E-state index is 0.535. The number of aromatic nitrogens is 4. The van der Waals surface area contributed by atoms with Crippen LogP contribution in [0, 0.1) is 11.6 Å². The molecule has 4 nitrogen and oxygen atoms in total. The van der Waals surface area contributed by atoms with Gasteiger partial charge < -0.3 is 4.98 Å². The Morgan fingerprint density at radius 1 is 1.39 bits per heavy atom. The number of H-pyrrole nitrogens is 1. The minimum Gasteiger partial charge on any atom is -0.330 e. The van der Waals surface area contributed by atoms with Gasteiger partial charge in [-0.05, 0) is 24.6 Å². The van der Waals surface area contributed by atoms with Crippen LogP contribution in [-0.4, -0.2) is 19.7 Å². The summed E-state index contributed by atoms with van der Waals surface area (Å²) < 4.78 is 2.30. The highest BCUT2D eigenvalue weighted by atomic mass is 35.5. The number of aryl methyl sites for hydroxylation is 1. The van der Waals surface area contributed by atoms with Crippen LogP contribution in [0.25, 0.3) is 16.7 Å². The van der Waals surface area contributed by atoms with E-state index in [0.29, 0.717) is 9.66 Å². The Balaban J connectivity index is 2.29. The average molecular weight is 277 g/mol. The molecule has 0 aliphatic carbocycles. The number of hydrogen-bond acceptors (Lipinski definition) is 3. The Morgan fingerprint density at radius 3 is 3.00 bits per heavy atom. The van der Waals surface area contributed by atoms with E-state index in [4.69, 9.17) is 23.8 Å². The van der Waals surface area contributed by atoms with Crippen molar-refractivity contribution in [3.8, 4) is 5.69 Å². The molecule has 0 radical (unpaired) electrons. The van der Waals surface area contributed by atoms with E-state index in [-0.39, 0.29) is 0 Å². The largest absolute Gasteiger partial charge is 0.330 e. The summed E-state index contributed by atoms with van der Waals surface area (Å²) in [6.07, 6.45) is 3.27. The maximum absolute atomic E-state index is 6.13. The zero-order chi connectivity index (χ0) is 12.7. The van der Waals surface area contributed by atoms with Crippen molar-refractivity contribution in [3.63, 3.8) is 0 Å². The molecule has 0 aliphatic heterocycles. The lowest BCUT2D eigenvalue weighted by atomic mass is 10.2. The van der Waals surface area contributed by atoms with Crippen molar-refractivity contribution >= 4 is 34.9 Å². The molecule has 1 aromatic carbocycles. The molecule has 0 bridgehead atoms. The van der Waals surface area contributed by atoms with Gasteiger partial charge in [-0.15, -0.1) is 0 Å². The highest BCUT2D eigenvalue weighted by Gasteiger charge is 2.07. The van der Waals surface area contributed by atoms with Gasteiger partial charge in [0.2, 0.25) is 0 Å². The molecule has 0 amide bonds. The molecule has 1 N–H and O–H groups in total. The third kappa shape index (κ3) is 1.72. The smallest absolute Gasteiger partial charge is 0.145 e. The summed E-state index contributed by atoms with van der Waals surface area (Å²) in [6, 6.07) is 5.80. The zero-order valence-electron chi connectivity index (χ0n) is 9.51. The van der Waals surface area contributed by atoms with Gasteiger partial charge in [0.25, 0.3) is 0 Å². The van der Waals surface area contributed by atoms with Gasteiger partial charge in [0, 0.05) is 5.02 Å². The van der Waals surface area contributed by atoms with Crippen molar-refractivity contribution in [1.82, 2.24) is 19.7 Å². The Bertz CT molecular complexity index is 790. The molecule has 2 heterocycles. The van der Waals surface area contributed by atoms with Crippen LogP contribution < -0.4 is 0 Å². The average Bonchev–Trinajstić information content (AvgIpc) is 2.78. The second kappa shape index (κ2) is 4.19. The number of hydrogen-bond donors (Lipinski definition) is 1. The third-order valence-electron chi connectivity index (χ3n) is 2.78. The number of nitrogens with zero attached hydrogens (tertiary/aromatic N) is 3. The topological polar surface area (TPSA) is 46.5 Å². The van der Waals surface area contributed by atoms with Crippen LogP contribution in [0.4, 0.5) is 0 Å². The van der Waals surface area contributed by atoms with Crippen molar-refractivity contribution < 1.29 is 0 Å². The number of halogens is 1. The number of nitrogens with one attached hydrogen (secondary N) is 1. The number of rotatable bonds is 1. The first-order valence-electron chi connectivity index (χ1n) is 5.35. The van der Waals surface area contributed by atoms with Crippen LogP contribution in [0.15, 0.2) is 30.7 Å². The first kappa shape index (κ1) is 11.4. The second-order valence-corrected chi connectivity index (χ2v) is 4.75. The standard InChI is InChI=1S/C12H9ClN4S/c1-7-2-3-8(4-10(7)13)17-11-9(5-16-17)12(18)15-6-14-11/h2-6H,1H3,(H,14,15,18). The molecule has 18 heavy (non-hydrogen) atoms. The fraction of sp³-hybridized carbons (Fsp3) is 0.0833. The van der Waals surface area contributed by atoms with E-state index < -0.39 is 0 Å². The molecule has 0 atom stereocenters. The first-order chi connectivity index (χ1) is 8.66. The van der Waals surface area contributed by atoms with E-state index in [2.05, 4.69) is 15.1 Å². The highest BCUT2D eigenvalue weighted by Crippen LogP contribution is 2.21. The highest BCUT2D eigenvalue weighted by molar-refractivity contribution is 7.71. The van der Waals surface area contributed by atoms with Crippen molar-refractivity contribution in [3.05, 3.63) is 45.9 Å². The predicted molar refractivity (Wildman–Crippen MR) is 73.8 cm³/mol. The fourth-order valence-electron chi connectivity index (χ4n) is 1.77. The van der Waals surface area contributed by atoms with E-state index in [0.717, 1.165) is 22.3 Å². The molecule has 0 unspecified atom stereocenters. The van der Waals surface area contributed by atoms with Crippen LogP contribution >= 0.6 is 23.8 Å². The van der Waals surface area contributed by atoms with E-state index in [1.807, 2.05) is 25.1 Å². The quantitative estimate of drug-likeness (QED) is 0.693. The van der Waals surface area contributed by atoms with Gasteiger partial charge in [0.05, 0.1) is 23.6 Å². The van der Waals surface area contributed by atoms with Gasteiger partial charge >= 0.3 is 0 Å². The van der Waals surface area contributed by atoms with Crippen molar-refractivity contribution in [2.24, 2.45) is 0 Å². The van der Waals surface area contributed by atoms with E-state index in [9.17, 15) is 0 Å². The van der Waals surface area contributed by atoms with Crippen LogP contribution in [-0.2, 0) is 0 Å². The summed E-state index contributed by atoms with van der Waals surface area (Å²) in [6.45, 7) is 1.96. The number of benzene rings is 1. The molecule has 0 spiro atoms. The maximum atomic E-state index is 6.13. The summed E-state index contributed by atoms with van der Waals surface area (Å²) >= 11 is 11.3. The summed E-state index contributed by atoms with van der Waals surface area (Å²) in [5.41, 5.74) is 2.74. The van der Waals surface area contributed by atoms with Gasteiger partial charge in [-0.1, -0.05) is 29.9 Å². The van der Waals surface area contributed by atoms with Crippen molar-refractivity contribution in [1.29, 1.82) is 0 Å². The molecule has 0 saturated heterocycles. The third-order valence-corrected chi connectivity index (χ3v) is 3.52. The lowest BCUT2D eigenvalue weighted by molar-refractivity contribution is 0.894. The molecule has 2 aromatic heterocycles. The Hall–Kier alpha value is -1.72. The lowest BCUT2D eigenvalue weighted by Gasteiger charge is -2.05. The van der Waals surface area contributed by atoms with E-state index in [1.165, 1.54) is 0 Å². The minimum atomic E-state index is 0.535. The monoisotopic (exact) mass is 276 g/mol. The lowest BCUT2D eigenvalue weighted by Crippen LogP contribution is -1.98. The molecule has 0 aliphatic rings. The summed E-state index contributed by atoms with van der Waals surface area (Å²) in [5, 5.41) is 5.85. The van der Waals surface area contributed by atoms with Gasteiger partial charge in [-0.25, -0.2) is 9.67 Å². The second-order valence-electron chi connectivity index (χ2n) is 3.96. The van der Waals surface area contributed by atoms with Gasteiger partial charge in [0.15, 0.2) is 0 Å².